The van der Waals surface area contributed by atoms with Crippen LogP contribution in [0, 0.1) is 6.92 Å². The Morgan fingerprint density at radius 3 is 2.48 bits per heavy atom. The Hall–Kier alpha value is -2.90. The smallest absolute Gasteiger partial charge is 0.312 e. The molecule has 0 bridgehead atoms. The summed E-state index contributed by atoms with van der Waals surface area (Å²) in [7, 11) is 0. The summed E-state index contributed by atoms with van der Waals surface area (Å²) in [6.45, 7) is 1.75. The van der Waals surface area contributed by atoms with Crippen molar-refractivity contribution < 1.29 is 23.0 Å². The van der Waals surface area contributed by atoms with Crippen LogP contribution in [0.4, 0.5) is 19.0 Å². The van der Waals surface area contributed by atoms with E-state index in [1.54, 1.807) is 43.3 Å². The van der Waals surface area contributed by atoms with Crippen LogP contribution in [0.1, 0.15) is 36.8 Å². The fourth-order valence-electron chi connectivity index (χ4n) is 4.04. The number of alkyl halides is 3. The normalized spacial score (nSPS) is 22.8. The number of pyridine rings is 1. The summed E-state index contributed by atoms with van der Waals surface area (Å²) in [5.41, 5.74) is -1.69. The maximum absolute atomic E-state index is 14.4. The lowest BCUT2D eigenvalue weighted by Crippen LogP contribution is -2.94. The molecule has 0 unspecified atom stereocenters. The van der Waals surface area contributed by atoms with Gasteiger partial charge in [-0.1, -0.05) is 18.2 Å². The second kappa shape index (κ2) is 7.17. The number of halogens is 3. The third kappa shape index (κ3) is 3.36. The van der Waals surface area contributed by atoms with Gasteiger partial charge in [-0.15, -0.1) is 0 Å². The van der Waals surface area contributed by atoms with E-state index in [1.807, 2.05) is 0 Å². The Bertz CT molecular complexity index is 938. The molecule has 0 saturated heterocycles. The van der Waals surface area contributed by atoms with Crippen LogP contribution in [0.2, 0.25) is 0 Å². The lowest BCUT2D eigenvalue weighted by Gasteiger charge is -2.26. The summed E-state index contributed by atoms with van der Waals surface area (Å²) in [6, 6.07) is 11.6. The van der Waals surface area contributed by atoms with E-state index in [9.17, 15) is 18.0 Å². The first-order chi connectivity index (χ1) is 13.8. The van der Waals surface area contributed by atoms with Gasteiger partial charge < -0.3 is 5.32 Å². The van der Waals surface area contributed by atoms with Gasteiger partial charge in [0, 0.05) is 6.20 Å². The number of carbonyl (C=O) groups is 1. The van der Waals surface area contributed by atoms with Gasteiger partial charge in [0.25, 0.3) is 5.84 Å². The van der Waals surface area contributed by atoms with Gasteiger partial charge in [-0.2, -0.15) is 18.1 Å². The molecule has 1 aromatic carbocycles. The van der Waals surface area contributed by atoms with Gasteiger partial charge in [0.15, 0.2) is 0 Å². The first kappa shape index (κ1) is 19.4. The monoisotopic (exact) mass is 403 g/mol. The number of nitrogens with zero attached hydrogens (tertiary/aromatic N) is 2. The van der Waals surface area contributed by atoms with Crippen molar-refractivity contribution in [2.45, 2.75) is 50.5 Å². The molecule has 1 fully saturated rings. The molecule has 1 amide bonds. The minimum atomic E-state index is -4.89. The zero-order chi connectivity index (χ0) is 20.6. The molecule has 1 saturated carbocycles. The molecule has 1 aromatic heterocycles. The lowest BCUT2D eigenvalue weighted by atomic mass is 10.1. The number of aromatic nitrogens is 1. The van der Waals surface area contributed by atoms with Crippen molar-refractivity contribution in [2.24, 2.45) is 0 Å². The Morgan fingerprint density at radius 1 is 1.17 bits per heavy atom. The predicted octanol–water partition coefficient (Wildman–Crippen LogP) is 2.37. The summed E-state index contributed by atoms with van der Waals surface area (Å²) in [5.74, 6) is -0.872. The Kier molecular flexibility index (Phi) is 4.80. The van der Waals surface area contributed by atoms with Gasteiger partial charge in [-0.05, 0) is 62.4 Å². The first-order valence-corrected chi connectivity index (χ1v) is 9.63. The molecule has 4 rings (SSSR count). The van der Waals surface area contributed by atoms with Gasteiger partial charge in [0.1, 0.15) is 11.9 Å². The number of nitrogens with one attached hydrogen (secondary N) is 2. The molecule has 1 aliphatic carbocycles. The van der Waals surface area contributed by atoms with E-state index in [4.69, 9.17) is 0 Å². The highest BCUT2D eigenvalue weighted by atomic mass is 19.4. The van der Waals surface area contributed by atoms with Crippen LogP contribution < -0.4 is 10.3 Å². The Labute approximate surface area is 166 Å². The van der Waals surface area contributed by atoms with Gasteiger partial charge in [-0.25, -0.2) is 14.8 Å². The first-order valence-electron chi connectivity index (χ1n) is 9.63. The molecule has 2 heterocycles. The van der Waals surface area contributed by atoms with Crippen LogP contribution in [-0.4, -0.2) is 39.5 Å². The molecule has 152 valence electrons. The largest absolute Gasteiger partial charge is 0.465 e. The summed E-state index contributed by atoms with van der Waals surface area (Å²) < 4.78 is 43.2. The van der Waals surface area contributed by atoms with Gasteiger partial charge in [-0.3, -0.25) is 0 Å². The van der Waals surface area contributed by atoms with Gasteiger partial charge in [0.05, 0.1) is 5.56 Å². The Balaban J connectivity index is 1.85. The molecule has 29 heavy (non-hydrogen) atoms. The molecule has 1 aliphatic heterocycles. The zero-order valence-electron chi connectivity index (χ0n) is 16.0. The molecule has 0 spiro atoms. The average Bonchev–Trinajstić information content (AvgIpc) is 3.29. The van der Waals surface area contributed by atoms with Crippen LogP contribution in [0.5, 0.6) is 0 Å². The molecule has 2 aliphatic rings. The summed E-state index contributed by atoms with van der Waals surface area (Å²) in [6.07, 6.45) is -0.327. The SMILES string of the molecule is Cc1ccnc(N[C@@]2(C(F)(F)F)[NH+]=C(c3ccccc3)N(C3CCCC3)C2=O)c1. The zero-order valence-corrected chi connectivity index (χ0v) is 16.0. The molecule has 8 heteroatoms. The molecule has 0 radical (unpaired) electrons. The molecule has 2 aromatic rings. The van der Waals surface area contributed by atoms with E-state index >= 15 is 0 Å². The van der Waals surface area contributed by atoms with Gasteiger partial charge >= 0.3 is 17.7 Å². The summed E-state index contributed by atoms with van der Waals surface area (Å²) in [4.78, 5) is 21.2. The number of amidine groups is 1. The highest BCUT2D eigenvalue weighted by Crippen LogP contribution is 2.35. The van der Waals surface area contributed by atoms with Crippen molar-refractivity contribution in [1.82, 2.24) is 9.88 Å². The van der Waals surface area contributed by atoms with Crippen molar-refractivity contribution in [3.63, 3.8) is 0 Å². The fourth-order valence-corrected chi connectivity index (χ4v) is 4.04. The van der Waals surface area contributed by atoms with Crippen LogP contribution in [-0.2, 0) is 4.79 Å². The third-order valence-corrected chi connectivity index (χ3v) is 5.48. The fraction of sp³-hybridized carbons (Fsp3) is 0.381. The predicted molar refractivity (Wildman–Crippen MR) is 102 cm³/mol. The number of rotatable bonds is 4. The highest BCUT2D eigenvalue weighted by molar-refractivity contribution is 6.11. The highest BCUT2D eigenvalue weighted by Gasteiger charge is 2.72. The number of hydrogen-bond acceptors (Lipinski definition) is 3. The van der Waals surface area contributed by atoms with Crippen LogP contribution in [0.15, 0.2) is 48.7 Å². The van der Waals surface area contributed by atoms with Crippen molar-refractivity contribution in [3.8, 4) is 0 Å². The standard InChI is InChI=1S/C21H21F3N4O/c1-14-11-12-25-17(13-14)26-20(21(22,23)24)19(29)28(16-9-5-6-10-16)18(27-20)15-7-3-2-4-8-15/h2-4,7-8,11-13,16H,5-6,9-10H2,1H3,(H,25,26)/p+1/t20-/m1/s1. The number of aryl methyl sites for hydroxylation is 1. The minimum Gasteiger partial charge on any atom is -0.312 e. The second-order valence-electron chi connectivity index (χ2n) is 7.54. The maximum atomic E-state index is 14.4. The van der Waals surface area contributed by atoms with E-state index in [0.717, 1.165) is 18.4 Å². The van der Waals surface area contributed by atoms with Crippen LogP contribution >= 0.6 is 0 Å². The summed E-state index contributed by atoms with van der Waals surface area (Å²) in [5, 5.41) is 2.38. The maximum Gasteiger partial charge on any atom is 0.465 e. The lowest BCUT2D eigenvalue weighted by molar-refractivity contribution is -0.566. The van der Waals surface area contributed by atoms with E-state index < -0.39 is 17.7 Å². The molecule has 5 nitrogen and oxygen atoms in total. The number of anilines is 1. The molecule has 1 atom stereocenters. The number of benzene rings is 1. The van der Waals surface area contributed by atoms with Crippen molar-refractivity contribution >= 4 is 17.6 Å². The second-order valence-corrected chi connectivity index (χ2v) is 7.54. The molecular weight excluding hydrogens is 381 g/mol. The van der Waals surface area contributed by atoms with Crippen molar-refractivity contribution in [2.75, 3.05) is 5.32 Å². The minimum absolute atomic E-state index is 0.0103. The average molecular weight is 403 g/mol. The van der Waals surface area contributed by atoms with Gasteiger partial charge in [0.2, 0.25) is 0 Å². The Morgan fingerprint density at radius 2 is 1.86 bits per heavy atom. The van der Waals surface area contributed by atoms with E-state index in [1.165, 1.54) is 17.2 Å². The van der Waals surface area contributed by atoms with E-state index in [2.05, 4.69) is 15.3 Å². The van der Waals surface area contributed by atoms with E-state index in [-0.39, 0.29) is 17.7 Å². The van der Waals surface area contributed by atoms with Crippen LogP contribution in [0.3, 0.4) is 0 Å². The molecule has 2 N–H and O–H groups in total. The van der Waals surface area contributed by atoms with E-state index in [0.29, 0.717) is 18.4 Å². The number of hydrogen-bond donors (Lipinski definition) is 2. The van der Waals surface area contributed by atoms with Crippen LogP contribution in [0.25, 0.3) is 0 Å². The van der Waals surface area contributed by atoms with Crippen molar-refractivity contribution in [1.29, 1.82) is 0 Å². The number of carbonyl (C=O) groups excluding carboxylic acids is 1. The number of amides is 1. The quantitative estimate of drug-likeness (QED) is 0.824. The summed E-state index contributed by atoms with van der Waals surface area (Å²) >= 11 is 0. The topological polar surface area (TPSA) is 59.2 Å². The third-order valence-electron chi connectivity index (χ3n) is 5.48. The van der Waals surface area contributed by atoms with Crippen molar-refractivity contribution in [3.05, 3.63) is 59.8 Å². The molecular formula is C21H22F3N4O+.